The number of fused-ring (bicyclic) bond motifs is 1. The van der Waals surface area contributed by atoms with E-state index in [4.69, 9.17) is 9.15 Å². The molecule has 5 nitrogen and oxygen atoms in total. The summed E-state index contributed by atoms with van der Waals surface area (Å²) < 4.78 is 10.8. The Morgan fingerprint density at radius 2 is 2.23 bits per heavy atom. The number of furan rings is 1. The van der Waals surface area contributed by atoms with Crippen LogP contribution in [0.3, 0.4) is 0 Å². The molecule has 0 radical (unpaired) electrons. The summed E-state index contributed by atoms with van der Waals surface area (Å²) >= 11 is 1.58. The molecule has 4 rings (SSSR count). The second kappa shape index (κ2) is 4.99. The lowest BCUT2D eigenvalue weighted by molar-refractivity contribution is -0.118. The normalized spacial score (nSPS) is 13.4. The van der Waals surface area contributed by atoms with Gasteiger partial charge in [0.05, 0.1) is 17.6 Å². The fourth-order valence-electron chi connectivity index (χ4n) is 2.40. The Bertz CT molecular complexity index is 852. The number of ether oxygens (including phenoxy) is 1. The second-order valence-electron chi connectivity index (χ2n) is 4.95. The Hall–Kier alpha value is -2.60. The molecule has 2 aromatic heterocycles. The summed E-state index contributed by atoms with van der Waals surface area (Å²) in [5.74, 6) is 1.30. The number of aromatic nitrogens is 1. The third kappa shape index (κ3) is 2.17. The van der Waals surface area contributed by atoms with Gasteiger partial charge in [0, 0.05) is 10.4 Å². The number of rotatable bonds is 2. The lowest BCUT2D eigenvalue weighted by atomic mass is 10.1. The van der Waals surface area contributed by atoms with E-state index in [-0.39, 0.29) is 12.5 Å². The number of benzene rings is 1. The van der Waals surface area contributed by atoms with Crippen molar-refractivity contribution in [2.75, 3.05) is 11.9 Å². The number of nitrogens with zero attached hydrogens (tertiary/aromatic N) is 1. The lowest BCUT2D eigenvalue weighted by Gasteiger charge is -2.18. The van der Waals surface area contributed by atoms with Crippen LogP contribution in [0.5, 0.6) is 5.75 Å². The van der Waals surface area contributed by atoms with Crippen LogP contribution in [0.2, 0.25) is 0 Å². The van der Waals surface area contributed by atoms with Gasteiger partial charge in [-0.2, -0.15) is 0 Å². The van der Waals surface area contributed by atoms with Crippen molar-refractivity contribution in [3.63, 3.8) is 0 Å². The van der Waals surface area contributed by atoms with Gasteiger partial charge >= 0.3 is 0 Å². The van der Waals surface area contributed by atoms with Gasteiger partial charge in [0.2, 0.25) is 0 Å². The van der Waals surface area contributed by atoms with E-state index in [0.717, 1.165) is 26.9 Å². The molecule has 1 aliphatic heterocycles. The number of aryl methyl sites for hydroxylation is 1. The Kier molecular flexibility index (Phi) is 2.97. The Morgan fingerprint density at radius 1 is 1.32 bits per heavy atom. The zero-order valence-corrected chi connectivity index (χ0v) is 12.6. The van der Waals surface area contributed by atoms with Crippen LogP contribution in [-0.4, -0.2) is 17.5 Å². The molecule has 0 fully saturated rings. The first-order valence-electron chi connectivity index (χ1n) is 6.79. The van der Waals surface area contributed by atoms with Crippen LogP contribution in [0, 0.1) is 6.92 Å². The van der Waals surface area contributed by atoms with Gasteiger partial charge in [0.25, 0.3) is 5.91 Å². The maximum absolute atomic E-state index is 11.4. The van der Waals surface area contributed by atoms with Gasteiger partial charge < -0.3 is 14.5 Å². The molecule has 0 saturated heterocycles. The predicted molar refractivity (Wildman–Crippen MR) is 84.1 cm³/mol. The third-order valence-electron chi connectivity index (χ3n) is 3.41. The highest BCUT2D eigenvalue weighted by atomic mass is 32.1. The average molecular weight is 312 g/mol. The van der Waals surface area contributed by atoms with Crippen molar-refractivity contribution in [2.45, 2.75) is 6.92 Å². The van der Waals surface area contributed by atoms with Crippen LogP contribution >= 0.6 is 11.3 Å². The van der Waals surface area contributed by atoms with Crippen molar-refractivity contribution in [3.8, 4) is 27.8 Å². The standard InChI is InChI=1S/C16H12N2O3S/c1-9-15(18-16(22-9)13-3-2-6-20-13)10-4-5-12-11(7-10)17-14(19)8-21-12/h2-7H,8H2,1H3,(H,17,19). The summed E-state index contributed by atoms with van der Waals surface area (Å²) in [5.41, 5.74) is 2.51. The molecule has 3 aromatic rings. The molecule has 22 heavy (non-hydrogen) atoms. The number of amides is 1. The van der Waals surface area contributed by atoms with E-state index >= 15 is 0 Å². The van der Waals surface area contributed by atoms with Gasteiger partial charge in [0.15, 0.2) is 17.4 Å². The number of carbonyl (C=O) groups is 1. The van der Waals surface area contributed by atoms with E-state index in [0.29, 0.717) is 11.4 Å². The monoisotopic (exact) mass is 312 g/mol. The maximum atomic E-state index is 11.4. The van der Waals surface area contributed by atoms with Gasteiger partial charge in [-0.15, -0.1) is 11.3 Å². The van der Waals surface area contributed by atoms with Crippen molar-refractivity contribution in [1.29, 1.82) is 0 Å². The number of anilines is 1. The molecule has 0 spiro atoms. The fourth-order valence-corrected chi connectivity index (χ4v) is 3.30. The van der Waals surface area contributed by atoms with Crippen LogP contribution in [0.25, 0.3) is 22.0 Å². The van der Waals surface area contributed by atoms with Crippen molar-refractivity contribution < 1.29 is 13.9 Å². The van der Waals surface area contributed by atoms with Crippen LogP contribution in [0.1, 0.15) is 4.88 Å². The van der Waals surface area contributed by atoms with E-state index in [9.17, 15) is 4.79 Å². The summed E-state index contributed by atoms with van der Waals surface area (Å²) in [6.07, 6.45) is 1.64. The number of hydrogen-bond acceptors (Lipinski definition) is 5. The minimum atomic E-state index is -0.143. The summed E-state index contributed by atoms with van der Waals surface area (Å²) in [7, 11) is 0. The number of nitrogens with one attached hydrogen (secondary N) is 1. The van der Waals surface area contributed by atoms with Gasteiger partial charge in [-0.1, -0.05) is 0 Å². The summed E-state index contributed by atoms with van der Waals surface area (Å²) in [5, 5.41) is 3.66. The Labute approximate surface area is 130 Å². The molecule has 6 heteroatoms. The van der Waals surface area contributed by atoms with E-state index in [1.54, 1.807) is 17.6 Å². The Balaban J connectivity index is 1.76. The summed E-state index contributed by atoms with van der Waals surface area (Å²) in [6, 6.07) is 9.43. The van der Waals surface area contributed by atoms with Crippen LogP contribution in [-0.2, 0) is 4.79 Å². The molecule has 0 unspecified atom stereocenters. The molecule has 1 N–H and O–H groups in total. The largest absolute Gasteiger partial charge is 0.482 e. The molecule has 0 aliphatic carbocycles. The van der Waals surface area contributed by atoms with Gasteiger partial charge in [-0.25, -0.2) is 4.98 Å². The van der Waals surface area contributed by atoms with E-state index in [1.807, 2.05) is 37.3 Å². The third-order valence-corrected chi connectivity index (χ3v) is 4.40. The zero-order chi connectivity index (χ0) is 15.1. The molecular weight excluding hydrogens is 300 g/mol. The number of carbonyl (C=O) groups excluding carboxylic acids is 1. The van der Waals surface area contributed by atoms with Crippen LogP contribution in [0.4, 0.5) is 5.69 Å². The molecule has 1 aliphatic rings. The van der Waals surface area contributed by atoms with Gasteiger partial charge in [-0.05, 0) is 37.3 Å². The summed E-state index contributed by atoms with van der Waals surface area (Å²) in [4.78, 5) is 17.2. The predicted octanol–water partition coefficient (Wildman–Crippen LogP) is 3.71. The highest BCUT2D eigenvalue weighted by molar-refractivity contribution is 7.15. The minimum absolute atomic E-state index is 0.0602. The number of thiazole rings is 1. The lowest BCUT2D eigenvalue weighted by Crippen LogP contribution is -2.25. The smallest absolute Gasteiger partial charge is 0.262 e. The first-order valence-corrected chi connectivity index (χ1v) is 7.61. The highest BCUT2D eigenvalue weighted by Gasteiger charge is 2.18. The van der Waals surface area contributed by atoms with E-state index in [1.165, 1.54) is 0 Å². The molecule has 1 amide bonds. The van der Waals surface area contributed by atoms with Crippen molar-refractivity contribution >= 4 is 22.9 Å². The van der Waals surface area contributed by atoms with E-state index in [2.05, 4.69) is 10.3 Å². The van der Waals surface area contributed by atoms with Crippen molar-refractivity contribution in [1.82, 2.24) is 4.98 Å². The molecule has 0 bridgehead atoms. The maximum Gasteiger partial charge on any atom is 0.262 e. The minimum Gasteiger partial charge on any atom is -0.482 e. The molecule has 3 heterocycles. The molecular formula is C16H12N2O3S. The SMILES string of the molecule is Cc1sc(-c2ccco2)nc1-c1ccc2c(c1)NC(=O)CO2. The Morgan fingerprint density at radius 3 is 3.05 bits per heavy atom. The number of hydrogen-bond donors (Lipinski definition) is 1. The second-order valence-corrected chi connectivity index (χ2v) is 6.15. The molecule has 110 valence electrons. The summed E-state index contributed by atoms with van der Waals surface area (Å²) in [6.45, 7) is 2.08. The quantitative estimate of drug-likeness (QED) is 0.783. The topological polar surface area (TPSA) is 64.4 Å². The average Bonchev–Trinajstić information content (AvgIpc) is 3.15. The van der Waals surface area contributed by atoms with Gasteiger partial charge in [0.1, 0.15) is 5.75 Å². The van der Waals surface area contributed by atoms with Crippen molar-refractivity contribution in [2.24, 2.45) is 0 Å². The van der Waals surface area contributed by atoms with Crippen LogP contribution < -0.4 is 10.1 Å². The molecule has 0 atom stereocenters. The van der Waals surface area contributed by atoms with Gasteiger partial charge in [-0.3, -0.25) is 4.79 Å². The zero-order valence-electron chi connectivity index (χ0n) is 11.8. The first-order chi connectivity index (χ1) is 10.7. The fraction of sp³-hybridized carbons (Fsp3) is 0.125. The first kappa shape index (κ1) is 13.1. The van der Waals surface area contributed by atoms with Crippen molar-refractivity contribution in [3.05, 3.63) is 41.5 Å². The highest BCUT2D eigenvalue weighted by Crippen LogP contribution is 2.37. The van der Waals surface area contributed by atoms with Crippen LogP contribution in [0.15, 0.2) is 41.0 Å². The van der Waals surface area contributed by atoms with E-state index < -0.39 is 0 Å². The molecule has 0 saturated carbocycles. The molecule has 1 aromatic carbocycles.